The van der Waals surface area contributed by atoms with Gasteiger partial charge in [-0.2, -0.15) is 0 Å². The highest BCUT2D eigenvalue weighted by Gasteiger charge is 2.51. The van der Waals surface area contributed by atoms with Crippen LogP contribution < -0.4 is 0 Å². The molecular weight excluding hydrogens is 430 g/mol. The quantitative estimate of drug-likeness (QED) is 0.658. The third-order valence-electron chi connectivity index (χ3n) is 6.94. The molecule has 9 heteroatoms. The Morgan fingerprint density at radius 1 is 1.03 bits per heavy atom. The van der Waals surface area contributed by atoms with Crippen molar-refractivity contribution in [3.63, 3.8) is 0 Å². The Morgan fingerprint density at radius 2 is 1.78 bits per heavy atom. The molecule has 8 nitrogen and oxygen atoms in total. The maximum Gasteiger partial charge on any atom is 0.410 e. The lowest BCUT2D eigenvalue weighted by Crippen LogP contribution is -2.37. The van der Waals surface area contributed by atoms with Crippen molar-refractivity contribution in [3.8, 4) is 0 Å². The summed E-state index contributed by atoms with van der Waals surface area (Å²) in [7, 11) is 0. The number of benzene rings is 2. The van der Waals surface area contributed by atoms with Gasteiger partial charge in [0.15, 0.2) is 0 Å². The van der Waals surface area contributed by atoms with Crippen molar-refractivity contribution >= 4 is 34.6 Å². The van der Waals surface area contributed by atoms with Crippen molar-refractivity contribution in [1.82, 2.24) is 25.2 Å². The molecule has 2 amide bonds. The molecule has 164 valence electrons. The summed E-state index contributed by atoms with van der Waals surface area (Å²) in [6.45, 7) is 2.51. The number of H-pyrrole nitrogens is 1. The number of likely N-dealkylation sites (tertiary alicyclic amines) is 2. The maximum atomic E-state index is 13.0. The molecule has 2 saturated heterocycles. The van der Waals surface area contributed by atoms with Gasteiger partial charge in [0.25, 0.3) is 5.91 Å². The molecule has 0 radical (unpaired) electrons. The fourth-order valence-corrected chi connectivity index (χ4v) is 5.22. The molecule has 6 rings (SSSR count). The number of fused-ring (bicyclic) bond motifs is 2. The van der Waals surface area contributed by atoms with Crippen molar-refractivity contribution in [2.45, 2.75) is 18.4 Å². The van der Waals surface area contributed by atoms with E-state index >= 15 is 0 Å². The van der Waals surface area contributed by atoms with Crippen LogP contribution in [0.2, 0.25) is 5.02 Å². The van der Waals surface area contributed by atoms with E-state index in [2.05, 4.69) is 15.4 Å². The molecular formula is C23H22ClN5O3. The van der Waals surface area contributed by atoms with Crippen molar-refractivity contribution in [1.29, 1.82) is 0 Å². The van der Waals surface area contributed by atoms with Crippen LogP contribution in [0.4, 0.5) is 4.79 Å². The zero-order valence-electron chi connectivity index (χ0n) is 17.3. The Kier molecular flexibility index (Phi) is 4.40. The molecule has 3 heterocycles. The summed E-state index contributed by atoms with van der Waals surface area (Å²) in [4.78, 5) is 29.6. The number of amides is 2. The van der Waals surface area contributed by atoms with Crippen LogP contribution in [0.15, 0.2) is 42.5 Å². The first-order chi connectivity index (χ1) is 15.5. The third-order valence-corrected chi connectivity index (χ3v) is 7.18. The standard InChI is InChI=1S/C23H22ClN5O3/c24-18-3-1-2-17(9-18)23(6-7-23)32-22(31)29-12-15-10-28(11-16(15)13-29)21(30)14-4-5-19-20(8-14)26-27-25-19/h1-5,8-9,15-16H,6-7,10-13H2,(H,25,26,27)/t15-,16+. The number of nitrogens with zero attached hydrogens (tertiary/aromatic N) is 4. The lowest BCUT2D eigenvalue weighted by molar-refractivity contribution is 0.0509. The molecule has 2 atom stereocenters. The lowest BCUT2D eigenvalue weighted by atomic mass is 10.0. The first-order valence-electron chi connectivity index (χ1n) is 10.8. The van der Waals surface area contributed by atoms with E-state index in [0.717, 1.165) is 23.9 Å². The molecule has 1 aliphatic carbocycles. The minimum absolute atomic E-state index is 0.00341. The van der Waals surface area contributed by atoms with Gasteiger partial charge in [0.1, 0.15) is 11.1 Å². The molecule has 1 aromatic heterocycles. The van der Waals surface area contributed by atoms with Crippen molar-refractivity contribution < 1.29 is 14.3 Å². The number of nitrogens with one attached hydrogen (secondary N) is 1. The summed E-state index contributed by atoms with van der Waals surface area (Å²) < 4.78 is 5.95. The number of ether oxygens (including phenoxy) is 1. The van der Waals surface area contributed by atoms with Gasteiger partial charge in [-0.05, 0) is 48.7 Å². The Morgan fingerprint density at radius 3 is 2.50 bits per heavy atom. The van der Waals surface area contributed by atoms with Gasteiger partial charge in [-0.25, -0.2) is 4.79 Å². The largest absolute Gasteiger partial charge is 0.438 e. The van der Waals surface area contributed by atoms with Gasteiger partial charge in [0, 0.05) is 48.6 Å². The fourth-order valence-electron chi connectivity index (χ4n) is 5.03. The maximum absolute atomic E-state index is 13.0. The van der Waals surface area contributed by atoms with Crippen molar-refractivity contribution in [2.24, 2.45) is 11.8 Å². The van der Waals surface area contributed by atoms with E-state index in [1.165, 1.54) is 0 Å². The van der Waals surface area contributed by atoms with E-state index in [1.54, 1.807) is 17.0 Å². The molecule has 3 aliphatic rings. The fraction of sp³-hybridized carbons (Fsp3) is 0.391. The zero-order chi connectivity index (χ0) is 21.9. The molecule has 0 bridgehead atoms. The average Bonchev–Trinajstić information content (AvgIpc) is 3.12. The van der Waals surface area contributed by atoms with E-state index in [4.69, 9.17) is 16.3 Å². The van der Waals surface area contributed by atoms with Gasteiger partial charge in [-0.3, -0.25) is 9.89 Å². The molecule has 32 heavy (non-hydrogen) atoms. The van der Waals surface area contributed by atoms with Crippen molar-refractivity contribution in [3.05, 3.63) is 58.6 Å². The van der Waals surface area contributed by atoms with Crippen LogP contribution in [0.1, 0.15) is 28.8 Å². The lowest BCUT2D eigenvalue weighted by Gasteiger charge is -2.24. The number of aromatic amines is 1. The van der Waals surface area contributed by atoms with Gasteiger partial charge in [0.2, 0.25) is 0 Å². The highest BCUT2D eigenvalue weighted by molar-refractivity contribution is 6.30. The predicted molar refractivity (Wildman–Crippen MR) is 117 cm³/mol. The van der Waals surface area contributed by atoms with E-state index in [0.29, 0.717) is 42.3 Å². The summed E-state index contributed by atoms with van der Waals surface area (Å²) in [5.74, 6) is 0.531. The third kappa shape index (κ3) is 3.30. The number of carbonyl (C=O) groups is 2. The molecule has 3 fully saturated rings. The van der Waals surface area contributed by atoms with Gasteiger partial charge in [-0.15, -0.1) is 5.10 Å². The molecule has 0 spiro atoms. The first-order valence-corrected chi connectivity index (χ1v) is 11.2. The summed E-state index contributed by atoms with van der Waals surface area (Å²) in [5, 5.41) is 11.2. The van der Waals surface area contributed by atoms with Crippen LogP contribution >= 0.6 is 11.6 Å². The molecule has 0 unspecified atom stereocenters. The molecule has 1 N–H and O–H groups in total. The first kappa shape index (κ1) is 19.5. The van der Waals surface area contributed by atoms with Gasteiger partial charge >= 0.3 is 6.09 Å². The van der Waals surface area contributed by atoms with Crippen LogP contribution in [-0.4, -0.2) is 63.4 Å². The smallest absolute Gasteiger partial charge is 0.410 e. The van der Waals surface area contributed by atoms with E-state index in [1.807, 2.05) is 35.2 Å². The van der Waals surface area contributed by atoms with E-state index in [9.17, 15) is 9.59 Å². The minimum Gasteiger partial charge on any atom is -0.438 e. The second-order valence-corrected chi connectivity index (χ2v) is 9.49. The van der Waals surface area contributed by atoms with Gasteiger partial charge in [-0.1, -0.05) is 28.9 Å². The van der Waals surface area contributed by atoms with Gasteiger partial charge < -0.3 is 14.5 Å². The average molecular weight is 452 g/mol. The molecule has 2 aromatic carbocycles. The van der Waals surface area contributed by atoms with E-state index < -0.39 is 5.60 Å². The number of hydrogen-bond donors (Lipinski definition) is 1. The molecule has 2 aliphatic heterocycles. The number of halogens is 1. The summed E-state index contributed by atoms with van der Waals surface area (Å²) in [6.07, 6.45) is 1.36. The second kappa shape index (κ2) is 7.20. The molecule has 1 saturated carbocycles. The number of aromatic nitrogens is 3. The van der Waals surface area contributed by atoms with E-state index in [-0.39, 0.29) is 23.8 Å². The Bertz CT molecular complexity index is 1210. The summed E-state index contributed by atoms with van der Waals surface area (Å²) >= 11 is 6.12. The monoisotopic (exact) mass is 451 g/mol. The molecule has 3 aromatic rings. The summed E-state index contributed by atoms with van der Waals surface area (Å²) in [5.41, 5.74) is 2.51. The zero-order valence-corrected chi connectivity index (χ0v) is 18.1. The Balaban J connectivity index is 1.09. The normalized spacial score (nSPS) is 23.4. The number of hydrogen-bond acceptors (Lipinski definition) is 5. The van der Waals surface area contributed by atoms with Crippen LogP contribution in [0.3, 0.4) is 0 Å². The Labute approximate surface area is 189 Å². The van der Waals surface area contributed by atoms with Crippen LogP contribution in [0, 0.1) is 11.8 Å². The SMILES string of the molecule is O=C(OC1(c2cccc(Cl)c2)CC1)N1C[C@@H]2CN(C(=O)c3ccc4[nH]nnc4c3)C[C@@H]2C1. The topological polar surface area (TPSA) is 91.4 Å². The minimum atomic E-state index is -0.540. The summed E-state index contributed by atoms with van der Waals surface area (Å²) in [6, 6.07) is 12.9. The predicted octanol–water partition coefficient (Wildman–Crippen LogP) is 3.44. The highest BCUT2D eigenvalue weighted by atomic mass is 35.5. The van der Waals surface area contributed by atoms with Crippen LogP contribution in [-0.2, 0) is 10.3 Å². The van der Waals surface area contributed by atoms with Crippen LogP contribution in [0.5, 0.6) is 0 Å². The number of carbonyl (C=O) groups excluding carboxylic acids is 2. The second-order valence-electron chi connectivity index (χ2n) is 9.05. The van der Waals surface area contributed by atoms with Crippen LogP contribution in [0.25, 0.3) is 11.0 Å². The Hall–Kier alpha value is -3.13. The number of rotatable bonds is 3. The highest BCUT2D eigenvalue weighted by Crippen LogP contribution is 2.50. The van der Waals surface area contributed by atoms with Crippen molar-refractivity contribution in [2.75, 3.05) is 26.2 Å². The van der Waals surface area contributed by atoms with Gasteiger partial charge in [0.05, 0.1) is 5.52 Å².